The normalized spacial score (nSPS) is 12.9. The van der Waals surface area contributed by atoms with Gasteiger partial charge in [0.2, 0.25) is 10.4 Å². The third-order valence-electron chi connectivity index (χ3n) is 8.93. The molecule has 0 fully saturated rings. The zero-order chi connectivity index (χ0) is 36.0. The number of carboxylic acids is 1. The summed E-state index contributed by atoms with van der Waals surface area (Å²) in [5, 5.41) is 17.2. The number of aliphatic carboxylic acids is 1. The molecule has 0 aromatic heterocycles. The van der Waals surface area contributed by atoms with Gasteiger partial charge in [-0.1, -0.05) is 176 Å². The molecule has 0 saturated heterocycles. The second-order valence-corrected chi connectivity index (χ2v) is 15.2. The molecular formula is C39H81NaO7S. The molecular weight excluding hydrogens is 635 g/mol. The number of aliphatic hydroxyl groups is 1. The Balaban J connectivity index is -0.000000302. The molecule has 3 unspecified atom stereocenters. The molecule has 0 heterocycles. The maximum Gasteiger partial charge on any atom is 1.00 e. The van der Waals surface area contributed by atoms with Gasteiger partial charge in [0, 0.05) is 13.0 Å². The van der Waals surface area contributed by atoms with Crippen molar-refractivity contribution in [2.45, 2.75) is 215 Å². The number of carbonyl (C=O) groups is 1. The molecule has 0 aliphatic heterocycles. The first-order chi connectivity index (χ1) is 22.4. The number of unbranched alkanes of at least 4 members (excludes halogenated alkanes) is 15. The fraction of sp³-hybridized carbons (Fsp3) is 0.974. The van der Waals surface area contributed by atoms with Crippen molar-refractivity contribution >= 4 is 16.4 Å². The molecule has 0 spiro atoms. The second-order valence-electron chi connectivity index (χ2n) is 14.2. The van der Waals surface area contributed by atoms with Crippen LogP contribution in [-0.4, -0.2) is 42.4 Å². The minimum Gasteiger partial charge on any atom is -0.726 e. The van der Waals surface area contributed by atoms with Gasteiger partial charge >= 0.3 is 35.5 Å². The van der Waals surface area contributed by atoms with Crippen LogP contribution in [0.2, 0.25) is 0 Å². The van der Waals surface area contributed by atoms with Crippen LogP contribution >= 0.6 is 0 Å². The van der Waals surface area contributed by atoms with Crippen molar-refractivity contribution in [1.29, 1.82) is 0 Å². The molecule has 0 aliphatic rings. The topological polar surface area (TPSA) is 124 Å². The summed E-state index contributed by atoms with van der Waals surface area (Å²) in [6, 6.07) is 0. The Hall–Kier alpha value is 0.300. The molecule has 0 radical (unpaired) electrons. The van der Waals surface area contributed by atoms with Crippen LogP contribution in [0, 0.1) is 17.8 Å². The van der Waals surface area contributed by atoms with Crippen molar-refractivity contribution in [2.75, 3.05) is 13.2 Å². The molecule has 286 valence electrons. The Morgan fingerprint density at radius 1 is 0.562 bits per heavy atom. The van der Waals surface area contributed by atoms with E-state index in [1.807, 2.05) is 0 Å². The fourth-order valence-electron chi connectivity index (χ4n) is 5.65. The molecule has 0 saturated carbocycles. The van der Waals surface area contributed by atoms with Crippen molar-refractivity contribution in [3.05, 3.63) is 0 Å². The zero-order valence-corrected chi connectivity index (χ0v) is 35.9. The quantitative estimate of drug-likeness (QED) is 0.0308. The van der Waals surface area contributed by atoms with E-state index in [0.29, 0.717) is 31.3 Å². The number of hydrogen-bond acceptors (Lipinski definition) is 6. The van der Waals surface area contributed by atoms with Crippen LogP contribution in [0.5, 0.6) is 0 Å². The predicted octanol–water partition coefficient (Wildman–Crippen LogP) is 9.02. The maximum atomic E-state index is 10.4. The first kappa shape index (κ1) is 55.1. The average molecular weight is 717 g/mol. The molecule has 0 bridgehead atoms. The molecule has 0 aromatic carbocycles. The van der Waals surface area contributed by atoms with Crippen LogP contribution < -0.4 is 29.6 Å². The smallest absolute Gasteiger partial charge is 0.726 e. The average Bonchev–Trinajstić information content (AvgIpc) is 3.02. The molecule has 0 aromatic rings. The third-order valence-corrected chi connectivity index (χ3v) is 9.38. The van der Waals surface area contributed by atoms with Gasteiger partial charge in [0.15, 0.2) is 0 Å². The van der Waals surface area contributed by atoms with E-state index in [1.54, 1.807) is 0 Å². The number of hydrogen-bond donors (Lipinski definition) is 2. The van der Waals surface area contributed by atoms with Gasteiger partial charge in [0.1, 0.15) is 0 Å². The van der Waals surface area contributed by atoms with E-state index in [-0.39, 0.29) is 36.2 Å². The van der Waals surface area contributed by atoms with E-state index >= 15 is 0 Å². The monoisotopic (exact) mass is 717 g/mol. The standard InChI is InChI=1S/C13H28O4S.C13H26O2.C13H28O.Na/c1-3-4-5-6-7-8-10-13(2)11-9-12-17-18(14,15)16;1-3-4-5-6-7-8-9-12(2)10-11-13(14)15;1-3-4-5-6-7-8-10-13(2)11-9-12-14;/h13H,3-12H2,1-2H3,(H,14,15,16);12H,3-11H2,1-2H3,(H,14,15);13-14H,3-12H2,1-2H3;/q;;;+1/p-1. The van der Waals surface area contributed by atoms with E-state index in [1.165, 1.54) is 141 Å². The number of rotatable bonds is 32. The summed E-state index contributed by atoms with van der Waals surface area (Å²) in [7, 11) is -4.50. The number of aliphatic hydroxyl groups excluding tert-OH is 1. The molecule has 7 nitrogen and oxygen atoms in total. The van der Waals surface area contributed by atoms with Crippen LogP contribution in [0.1, 0.15) is 215 Å². The van der Waals surface area contributed by atoms with Gasteiger partial charge < -0.3 is 14.8 Å². The van der Waals surface area contributed by atoms with E-state index < -0.39 is 16.4 Å². The minimum absolute atomic E-state index is 0. The van der Waals surface area contributed by atoms with E-state index in [4.69, 9.17) is 10.2 Å². The van der Waals surface area contributed by atoms with Crippen LogP contribution in [0.3, 0.4) is 0 Å². The first-order valence-electron chi connectivity index (χ1n) is 19.9. The van der Waals surface area contributed by atoms with Gasteiger partial charge in [0.05, 0.1) is 6.61 Å². The van der Waals surface area contributed by atoms with Crippen molar-refractivity contribution < 1.29 is 61.7 Å². The molecule has 0 rings (SSSR count). The zero-order valence-electron chi connectivity index (χ0n) is 33.1. The Morgan fingerprint density at radius 3 is 1.21 bits per heavy atom. The van der Waals surface area contributed by atoms with Crippen LogP contribution in [0.15, 0.2) is 0 Å². The summed E-state index contributed by atoms with van der Waals surface area (Å²) in [6.07, 6.45) is 32.7. The predicted molar refractivity (Wildman–Crippen MR) is 200 cm³/mol. The van der Waals surface area contributed by atoms with Gasteiger partial charge in [0.25, 0.3) is 0 Å². The van der Waals surface area contributed by atoms with Crippen molar-refractivity contribution in [1.82, 2.24) is 0 Å². The first-order valence-corrected chi connectivity index (χ1v) is 21.2. The second kappa shape index (κ2) is 43.5. The van der Waals surface area contributed by atoms with E-state index in [9.17, 15) is 17.8 Å². The van der Waals surface area contributed by atoms with Gasteiger partial charge in [-0.05, 0) is 49.9 Å². The Morgan fingerprint density at radius 2 is 0.875 bits per heavy atom. The van der Waals surface area contributed by atoms with Crippen LogP contribution in [0.4, 0.5) is 0 Å². The fourth-order valence-corrected chi connectivity index (χ4v) is 5.98. The maximum absolute atomic E-state index is 10.4. The summed E-state index contributed by atoms with van der Waals surface area (Å²) in [5.74, 6) is 1.31. The summed E-state index contributed by atoms with van der Waals surface area (Å²) < 4.78 is 34.8. The molecule has 48 heavy (non-hydrogen) atoms. The van der Waals surface area contributed by atoms with Crippen molar-refractivity contribution in [3.8, 4) is 0 Å². The summed E-state index contributed by atoms with van der Waals surface area (Å²) in [4.78, 5) is 10.4. The van der Waals surface area contributed by atoms with Crippen LogP contribution in [0.25, 0.3) is 0 Å². The third kappa shape index (κ3) is 55.7. The van der Waals surface area contributed by atoms with Crippen molar-refractivity contribution in [3.63, 3.8) is 0 Å². The van der Waals surface area contributed by atoms with Crippen LogP contribution in [-0.2, 0) is 19.4 Å². The Kier molecular flexibility index (Phi) is 49.9. The Labute approximate surface area is 322 Å². The molecule has 3 atom stereocenters. The number of carboxylic acid groups (broad SMARTS) is 1. The minimum atomic E-state index is -4.50. The van der Waals surface area contributed by atoms with Gasteiger partial charge in [-0.3, -0.25) is 8.98 Å². The molecule has 9 heteroatoms. The summed E-state index contributed by atoms with van der Waals surface area (Å²) >= 11 is 0. The summed E-state index contributed by atoms with van der Waals surface area (Å²) in [5.41, 5.74) is 0. The van der Waals surface area contributed by atoms with E-state index in [2.05, 4.69) is 45.7 Å². The van der Waals surface area contributed by atoms with Crippen molar-refractivity contribution in [2.24, 2.45) is 17.8 Å². The molecule has 0 amide bonds. The van der Waals surface area contributed by atoms with Gasteiger partial charge in [-0.2, -0.15) is 0 Å². The SMILES string of the molecule is CCCCCCCCC(C)CCC(=O)O.CCCCCCCCC(C)CCCO.CCCCCCCCC(C)CCCOS(=O)(=O)[O-].[Na+]. The summed E-state index contributed by atoms with van der Waals surface area (Å²) in [6.45, 7) is 13.7. The molecule has 2 N–H and O–H groups in total. The van der Waals surface area contributed by atoms with Gasteiger partial charge in [-0.25, -0.2) is 8.42 Å². The van der Waals surface area contributed by atoms with Gasteiger partial charge in [-0.15, -0.1) is 0 Å². The van der Waals surface area contributed by atoms with E-state index in [0.717, 1.165) is 25.2 Å². The molecule has 0 aliphatic carbocycles. The largest absolute Gasteiger partial charge is 1.00 e. The Bertz CT molecular complexity index is 721.